The largest absolute Gasteiger partial charge is 0.453 e. The van der Waals surface area contributed by atoms with Crippen LogP contribution in [0.1, 0.15) is 43.4 Å². The minimum atomic E-state index is -0.490. The van der Waals surface area contributed by atoms with Gasteiger partial charge in [0.2, 0.25) is 0 Å². The van der Waals surface area contributed by atoms with Crippen LogP contribution in [0.25, 0.3) is 0 Å². The smallest absolute Gasteiger partial charge is 0.411 e. The van der Waals surface area contributed by atoms with Gasteiger partial charge in [-0.25, -0.2) is 9.79 Å². The van der Waals surface area contributed by atoms with Gasteiger partial charge in [-0.3, -0.25) is 5.32 Å². The molecule has 0 aliphatic heterocycles. The highest BCUT2D eigenvalue weighted by Crippen LogP contribution is 2.15. The van der Waals surface area contributed by atoms with Crippen LogP contribution in [0, 0.1) is 0 Å². The van der Waals surface area contributed by atoms with Gasteiger partial charge in [-0.1, -0.05) is 31.1 Å². The lowest BCUT2D eigenvalue weighted by molar-refractivity contribution is 0.187. The molecular formula is C20H30IN5O3. The van der Waals surface area contributed by atoms with Crippen molar-refractivity contribution in [3.63, 3.8) is 0 Å². The molecule has 0 saturated heterocycles. The van der Waals surface area contributed by atoms with E-state index in [9.17, 15) is 4.79 Å². The summed E-state index contributed by atoms with van der Waals surface area (Å²) in [6.07, 6.45) is 1.15. The summed E-state index contributed by atoms with van der Waals surface area (Å²) in [4.78, 5) is 15.9. The predicted molar refractivity (Wildman–Crippen MR) is 125 cm³/mol. The van der Waals surface area contributed by atoms with Gasteiger partial charge < -0.3 is 19.9 Å². The van der Waals surface area contributed by atoms with Crippen molar-refractivity contribution in [3.05, 3.63) is 46.8 Å². The minimum absolute atomic E-state index is 0. The zero-order valence-corrected chi connectivity index (χ0v) is 19.7. The number of rotatable bonds is 8. The van der Waals surface area contributed by atoms with E-state index >= 15 is 0 Å². The molecule has 9 heteroatoms. The van der Waals surface area contributed by atoms with Crippen molar-refractivity contribution in [2.45, 2.75) is 46.7 Å². The van der Waals surface area contributed by atoms with E-state index in [1.165, 1.54) is 7.11 Å². The van der Waals surface area contributed by atoms with E-state index in [-0.39, 0.29) is 24.0 Å². The van der Waals surface area contributed by atoms with E-state index in [0.29, 0.717) is 18.8 Å². The highest BCUT2D eigenvalue weighted by atomic mass is 127. The van der Waals surface area contributed by atoms with Gasteiger partial charge in [-0.05, 0) is 31.0 Å². The van der Waals surface area contributed by atoms with Crippen LogP contribution in [0.4, 0.5) is 10.5 Å². The second kappa shape index (κ2) is 13.0. The maximum Gasteiger partial charge on any atom is 0.411 e. The number of guanidine groups is 1. The number of carbonyl (C=O) groups is 1. The number of aryl methyl sites for hydroxylation is 2. The number of methoxy groups -OCH3 is 1. The first-order valence-corrected chi connectivity index (χ1v) is 9.53. The van der Waals surface area contributed by atoms with Gasteiger partial charge in [0.15, 0.2) is 5.96 Å². The number of anilines is 1. The monoisotopic (exact) mass is 515 g/mol. The first-order valence-electron chi connectivity index (χ1n) is 9.53. The van der Waals surface area contributed by atoms with E-state index in [2.05, 4.69) is 44.7 Å². The number of nitrogens with zero attached hydrogens (tertiary/aromatic N) is 2. The van der Waals surface area contributed by atoms with Crippen molar-refractivity contribution in [2.75, 3.05) is 19.0 Å². The molecule has 1 aromatic carbocycles. The summed E-state index contributed by atoms with van der Waals surface area (Å²) < 4.78 is 10.00. The van der Waals surface area contributed by atoms with Crippen molar-refractivity contribution >= 4 is 41.7 Å². The van der Waals surface area contributed by atoms with Crippen molar-refractivity contribution in [3.8, 4) is 0 Å². The topological polar surface area (TPSA) is 101 Å². The van der Waals surface area contributed by atoms with Gasteiger partial charge in [0.05, 0.1) is 19.3 Å². The summed E-state index contributed by atoms with van der Waals surface area (Å²) in [5.41, 5.74) is 3.79. The van der Waals surface area contributed by atoms with Gasteiger partial charge in [-0.2, -0.15) is 0 Å². The number of halogens is 1. The maximum atomic E-state index is 11.2. The number of hydrogen-bond acceptors (Lipinski definition) is 5. The third kappa shape index (κ3) is 7.56. The van der Waals surface area contributed by atoms with Crippen molar-refractivity contribution < 1.29 is 14.1 Å². The molecule has 3 N–H and O–H groups in total. The van der Waals surface area contributed by atoms with Crippen molar-refractivity contribution in [1.82, 2.24) is 15.8 Å². The maximum absolute atomic E-state index is 11.2. The van der Waals surface area contributed by atoms with Gasteiger partial charge in [-0.15, -0.1) is 24.0 Å². The fraction of sp³-hybridized carbons (Fsp3) is 0.450. The second-order valence-electron chi connectivity index (χ2n) is 6.10. The average Bonchev–Trinajstić information content (AvgIpc) is 3.13. The van der Waals surface area contributed by atoms with Crippen LogP contribution in [-0.4, -0.2) is 30.9 Å². The Morgan fingerprint density at radius 2 is 1.86 bits per heavy atom. The Hall–Kier alpha value is -2.30. The molecule has 1 amide bonds. The number of amides is 1. The van der Waals surface area contributed by atoms with Crippen LogP contribution in [0.2, 0.25) is 0 Å². The molecule has 0 aliphatic rings. The third-order valence-corrected chi connectivity index (χ3v) is 4.19. The lowest BCUT2D eigenvalue weighted by atomic mass is 10.1. The van der Waals surface area contributed by atoms with E-state index in [4.69, 9.17) is 4.52 Å². The number of carbonyl (C=O) groups excluding carboxylic acids is 1. The summed E-state index contributed by atoms with van der Waals surface area (Å²) in [6, 6.07) is 7.48. The Labute approximate surface area is 188 Å². The minimum Gasteiger partial charge on any atom is -0.453 e. The lowest BCUT2D eigenvalue weighted by Crippen LogP contribution is -2.37. The molecule has 0 unspecified atom stereocenters. The second-order valence-corrected chi connectivity index (χ2v) is 6.10. The third-order valence-electron chi connectivity index (χ3n) is 4.19. The Morgan fingerprint density at radius 1 is 1.14 bits per heavy atom. The molecule has 1 heterocycles. The van der Waals surface area contributed by atoms with E-state index in [0.717, 1.165) is 47.9 Å². The number of aromatic nitrogens is 1. The van der Waals surface area contributed by atoms with Crippen molar-refractivity contribution in [2.24, 2.45) is 4.99 Å². The molecule has 29 heavy (non-hydrogen) atoms. The highest BCUT2D eigenvalue weighted by Gasteiger charge is 2.13. The Kier molecular flexibility index (Phi) is 11.1. The molecule has 1 aromatic heterocycles. The zero-order valence-electron chi connectivity index (χ0n) is 17.4. The summed E-state index contributed by atoms with van der Waals surface area (Å²) >= 11 is 0. The zero-order chi connectivity index (χ0) is 20.4. The molecule has 160 valence electrons. The fourth-order valence-corrected chi connectivity index (χ4v) is 2.68. The number of nitrogens with one attached hydrogen (secondary N) is 3. The molecule has 0 bridgehead atoms. The molecule has 0 fully saturated rings. The van der Waals surface area contributed by atoms with Crippen LogP contribution in [-0.2, 0) is 30.7 Å². The molecule has 2 rings (SSSR count). The Balaban J connectivity index is 0.00000420. The molecule has 2 aromatic rings. The quantitative estimate of drug-likeness (QED) is 0.281. The standard InChI is InChI=1S/C20H29N5O3.HI/c1-5-17-16(18(6-2)28-25-17)13-23-19(21-7-3)22-12-14-8-10-15(11-9-14)24-20(26)27-4;/h8-11H,5-7,12-13H2,1-4H3,(H,24,26)(H2,21,22,23);1H. The van der Waals surface area contributed by atoms with Crippen LogP contribution >= 0.6 is 24.0 Å². The van der Waals surface area contributed by atoms with Crippen LogP contribution in [0.3, 0.4) is 0 Å². The van der Waals surface area contributed by atoms with Crippen LogP contribution < -0.4 is 16.0 Å². The average molecular weight is 515 g/mol. The SMILES string of the molecule is CCNC(=NCc1ccc(NC(=O)OC)cc1)NCc1c(CC)noc1CC.I. The Bertz CT molecular complexity index is 768. The van der Waals surface area contributed by atoms with Crippen LogP contribution in [0.5, 0.6) is 0 Å². The molecule has 0 atom stereocenters. The first kappa shape index (κ1) is 24.7. The molecule has 0 spiro atoms. The summed E-state index contributed by atoms with van der Waals surface area (Å²) in [6.45, 7) is 8.04. The van der Waals surface area contributed by atoms with Gasteiger partial charge in [0.25, 0.3) is 0 Å². The van der Waals surface area contributed by atoms with E-state index < -0.39 is 6.09 Å². The predicted octanol–water partition coefficient (Wildman–Crippen LogP) is 3.85. The van der Waals surface area contributed by atoms with Gasteiger partial charge in [0.1, 0.15) is 5.76 Å². The molecule has 0 radical (unpaired) electrons. The summed E-state index contributed by atoms with van der Waals surface area (Å²) in [7, 11) is 1.33. The number of aliphatic imine (C=N–C) groups is 1. The molecular weight excluding hydrogens is 485 g/mol. The summed E-state index contributed by atoms with van der Waals surface area (Å²) in [5.74, 6) is 1.64. The first-order chi connectivity index (χ1) is 13.6. The molecule has 0 aliphatic carbocycles. The van der Waals surface area contributed by atoms with E-state index in [1.807, 2.05) is 31.2 Å². The number of ether oxygens (including phenoxy) is 1. The molecule has 8 nitrogen and oxygen atoms in total. The van der Waals surface area contributed by atoms with E-state index in [1.54, 1.807) is 0 Å². The van der Waals surface area contributed by atoms with Gasteiger partial charge >= 0.3 is 6.09 Å². The molecule has 0 saturated carbocycles. The number of hydrogen-bond donors (Lipinski definition) is 3. The fourth-order valence-electron chi connectivity index (χ4n) is 2.68. The Morgan fingerprint density at radius 3 is 2.45 bits per heavy atom. The van der Waals surface area contributed by atoms with Crippen LogP contribution in [0.15, 0.2) is 33.8 Å². The van der Waals surface area contributed by atoms with Gasteiger partial charge in [0, 0.05) is 30.8 Å². The summed E-state index contributed by atoms with van der Waals surface area (Å²) in [5, 5.41) is 13.4. The number of benzene rings is 1. The lowest BCUT2D eigenvalue weighted by Gasteiger charge is -2.12. The van der Waals surface area contributed by atoms with Crippen molar-refractivity contribution in [1.29, 1.82) is 0 Å². The normalized spacial score (nSPS) is 10.8. The highest BCUT2D eigenvalue weighted by molar-refractivity contribution is 14.0.